The molecule has 0 radical (unpaired) electrons. The Morgan fingerprint density at radius 3 is 2.50 bits per heavy atom. The summed E-state index contributed by atoms with van der Waals surface area (Å²) in [4.78, 5) is 2.58. The lowest BCUT2D eigenvalue weighted by Gasteiger charge is -2.46. The van der Waals surface area contributed by atoms with Crippen molar-refractivity contribution in [2.24, 2.45) is 5.73 Å². The van der Waals surface area contributed by atoms with E-state index in [1.54, 1.807) is 0 Å². The molecule has 16 heavy (non-hydrogen) atoms. The zero-order chi connectivity index (χ0) is 12.0. The van der Waals surface area contributed by atoms with E-state index in [2.05, 4.69) is 24.7 Å². The van der Waals surface area contributed by atoms with Crippen molar-refractivity contribution in [2.75, 3.05) is 13.1 Å². The standard InChI is InChI=1S/C14H26N2/c1-4-6-10-13(15)14(3,5-2)16-11-8-7-9-12-16/h1,13H,5-12,15H2,2-3H3. The fourth-order valence-electron chi connectivity index (χ4n) is 2.67. The zero-order valence-electron chi connectivity index (χ0n) is 10.8. The number of piperidine rings is 1. The SMILES string of the molecule is C#CCCC(N)C(C)(CC)N1CCCCC1. The van der Waals surface area contributed by atoms with Gasteiger partial charge in [-0.3, -0.25) is 4.90 Å². The number of hydrogen-bond acceptors (Lipinski definition) is 2. The van der Waals surface area contributed by atoms with E-state index in [1.807, 2.05) is 0 Å². The van der Waals surface area contributed by atoms with Crippen molar-refractivity contribution in [1.82, 2.24) is 4.90 Å². The van der Waals surface area contributed by atoms with Gasteiger partial charge in [-0.2, -0.15) is 0 Å². The molecule has 1 aliphatic rings. The number of nitrogens with two attached hydrogens (primary N) is 1. The molecule has 1 heterocycles. The Morgan fingerprint density at radius 1 is 1.38 bits per heavy atom. The van der Waals surface area contributed by atoms with E-state index in [0.29, 0.717) is 0 Å². The molecule has 2 atom stereocenters. The fraction of sp³-hybridized carbons (Fsp3) is 0.857. The van der Waals surface area contributed by atoms with Gasteiger partial charge in [-0.1, -0.05) is 13.3 Å². The first-order valence-electron chi connectivity index (χ1n) is 6.59. The van der Waals surface area contributed by atoms with Gasteiger partial charge in [0.15, 0.2) is 0 Å². The second-order valence-corrected chi connectivity index (χ2v) is 5.11. The normalized spacial score (nSPS) is 23.4. The van der Waals surface area contributed by atoms with Crippen LogP contribution in [0.1, 0.15) is 52.4 Å². The number of hydrogen-bond donors (Lipinski definition) is 1. The van der Waals surface area contributed by atoms with Gasteiger partial charge in [-0.15, -0.1) is 12.3 Å². The average molecular weight is 222 g/mol. The van der Waals surface area contributed by atoms with Gasteiger partial charge in [-0.05, 0) is 45.7 Å². The van der Waals surface area contributed by atoms with Crippen LogP contribution in [0.5, 0.6) is 0 Å². The predicted molar refractivity (Wildman–Crippen MR) is 70.2 cm³/mol. The minimum Gasteiger partial charge on any atom is -0.326 e. The molecule has 92 valence electrons. The molecule has 0 aliphatic carbocycles. The van der Waals surface area contributed by atoms with Gasteiger partial charge in [0, 0.05) is 18.0 Å². The molecule has 0 saturated carbocycles. The van der Waals surface area contributed by atoms with Crippen LogP contribution in [0.3, 0.4) is 0 Å². The van der Waals surface area contributed by atoms with Crippen LogP contribution in [0.25, 0.3) is 0 Å². The third-order valence-electron chi connectivity index (χ3n) is 4.19. The summed E-state index contributed by atoms with van der Waals surface area (Å²) >= 11 is 0. The maximum absolute atomic E-state index is 6.34. The van der Waals surface area contributed by atoms with E-state index in [-0.39, 0.29) is 11.6 Å². The Morgan fingerprint density at radius 2 is 2.00 bits per heavy atom. The lowest BCUT2D eigenvalue weighted by molar-refractivity contribution is 0.0526. The van der Waals surface area contributed by atoms with Gasteiger partial charge in [0.2, 0.25) is 0 Å². The monoisotopic (exact) mass is 222 g/mol. The van der Waals surface area contributed by atoms with Crippen molar-refractivity contribution < 1.29 is 0 Å². The molecule has 2 unspecified atom stereocenters. The van der Waals surface area contributed by atoms with E-state index in [4.69, 9.17) is 12.2 Å². The lowest BCUT2D eigenvalue weighted by atomic mass is 9.84. The summed E-state index contributed by atoms with van der Waals surface area (Å²) < 4.78 is 0. The van der Waals surface area contributed by atoms with Crippen LogP contribution in [-0.4, -0.2) is 29.6 Å². The van der Waals surface area contributed by atoms with E-state index in [9.17, 15) is 0 Å². The van der Waals surface area contributed by atoms with Gasteiger partial charge < -0.3 is 5.73 Å². The molecular formula is C14H26N2. The first-order valence-corrected chi connectivity index (χ1v) is 6.59. The maximum atomic E-state index is 6.34. The van der Waals surface area contributed by atoms with Gasteiger partial charge >= 0.3 is 0 Å². The molecule has 1 saturated heterocycles. The number of nitrogens with zero attached hydrogens (tertiary/aromatic N) is 1. The van der Waals surface area contributed by atoms with Crippen molar-refractivity contribution >= 4 is 0 Å². The highest BCUT2D eigenvalue weighted by Gasteiger charge is 2.36. The molecular weight excluding hydrogens is 196 g/mol. The molecule has 2 N–H and O–H groups in total. The smallest absolute Gasteiger partial charge is 0.0329 e. The zero-order valence-corrected chi connectivity index (χ0v) is 10.8. The first-order chi connectivity index (χ1) is 7.65. The quantitative estimate of drug-likeness (QED) is 0.724. The third-order valence-corrected chi connectivity index (χ3v) is 4.19. The van der Waals surface area contributed by atoms with Gasteiger partial charge in [0.05, 0.1) is 0 Å². The van der Waals surface area contributed by atoms with Crippen molar-refractivity contribution in [2.45, 2.75) is 64.0 Å². The first kappa shape index (κ1) is 13.5. The van der Waals surface area contributed by atoms with E-state index < -0.39 is 0 Å². The van der Waals surface area contributed by atoms with Crippen molar-refractivity contribution in [1.29, 1.82) is 0 Å². The van der Waals surface area contributed by atoms with Gasteiger partial charge in [0.1, 0.15) is 0 Å². The van der Waals surface area contributed by atoms with E-state index in [0.717, 1.165) is 19.3 Å². The molecule has 0 spiro atoms. The Kier molecular flexibility index (Phi) is 5.31. The number of rotatable bonds is 5. The highest BCUT2D eigenvalue weighted by Crippen LogP contribution is 2.28. The lowest BCUT2D eigenvalue weighted by Crippen LogP contribution is -2.59. The molecule has 1 fully saturated rings. The maximum Gasteiger partial charge on any atom is 0.0329 e. The largest absolute Gasteiger partial charge is 0.326 e. The topological polar surface area (TPSA) is 29.3 Å². The second kappa shape index (κ2) is 6.27. The summed E-state index contributed by atoms with van der Waals surface area (Å²) in [7, 11) is 0. The van der Waals surface area contributed by atoms with E-state index >= 15 is 0 Å². The van der Waals surface area contributed by atoms with Crippen molar-refractivity contribution in [3.05, 3.63) is 0 Å². The van der Waals surface area contributed by atoms with Crippen LogP contribution in [0, 0.1) is 12.3 Å². The minimum atomic E-state index is 0.136. The Bertz CT molecular complexity index is 238. The Hall–Kier alpha value is -0.520. The van der Waals surface area contributed by atoms with Gasteiger partial charge in [-0.25, -0.2) is 0 Å². The highest BCUT2D eigenvalue weighted by atomic mass is 15.2. The van der Waals surface area contributed by atoms with Crippen LogP contribution in [0.4, 0.5) is 0 Å². The summed E-state index contributed by atoms with van der Waals surface area (Å²) in [5, 5.41) is 0. The Labute approximate surface area is 101 Å². The van der Waals surface area contributed by atoms with Crippen LogP contribution in [0.15, 0.2) is 0 Å². The predicted octanol–water partition coefficient (Wildman–Crippen LogP) is 2.38. The summed E-state index contributed by atoms with van der Waals surface area (Å²) in [6.07, 6.45) is 12.2. The van der Waals surface area contributed by atoms with Crippen LogP contribution in [-0.2, 0) is 0 Å². The van der Waals surface area contributed by atoms with Crippen LogP contribution < -0.4 is 5.73 Å². The average Bonchev–Trinajstić information content (AvgIpc) is 2.35. The Balaban J connectivity index is 2.63. The number of terminal acetylenes is 1. The molecule has 2 nitrogen and oxygen atoms in total. The molecule has 0 amide bonds. The summed E-state index contributed by atoms with van der Waals surface area (Å²) in [5.74, 6) is 2.70. The third kappa shape index (κ3) is 2.99. The van der Waals surface area contributed by atoms with Crippen molar-refractivity contribution in [3.8, 4) is 12.3 Å². The van der Waals surface area contributed by atoms with E-state index in [1.165, 1.54) is 32.4 Å². The molecule has 0 aromatic carbocycles. The molecule has 0 bridgehead atoms. The molecule has 2 heteroatoms. The summed E-state index contributed by atoms with van der Waals surface area (Å²) in [5.41, 5.74) is 6.48. The molecule has 0 aromatic heterocycles. The number of likely N-dealkylation sites (tertiary alicyclic amines) is 1. The molecule has 0 aromatic rings. The minimum absolute atomic E-state index is 0.136. The van der Waals surface area contributed by atoms with Crippen LogP contribution >= 0.6 is 0 Å². The highest BCUT2D eigenvalue weighted by molar-refractivity contribution is 4.97. The van der Waals surface area contributed by atoms with Crippen LogP contribution in [0.2, 0.25) is 0 Å². The second-order valence-electron chi connectivity index (χ2n) is 5.11. The summed E-state index contributed by atoms with van der Waals surface area (Å²) in [6.45, 7) is 6.95. The fourth-order valence-corrected chi connectivity index (χ4v) is 2.67. The van der Waals surface area contributed by atoms with Crippen molar-refractivity contribution in [3.63, 3.8) is 0 Å². The molecule has 1 rings (SSSR count). The van der Waals surface area contributed by atoms with Gasteiger partial charge in [0.25, 0.3) is 0 Å². The molecule has 1 aliphatic heterocycles. The summed E-state index contributed by atoms with van der Waals surface area (Å²) in [6, 6.07) is 0.201.